The molecule has 1 saturated carbocycles. The van der Waals surface area contributed by atoms with Crippen molar-refractivity contribution in [1.29, 1.82) is 0 Å². The number of anilines is 1. The molecule has 0 radical (unpaired) electrons. The largest absolute Gasteiger partial charge is 0.442 e. The lowest BCUT2D eigenvalue weighted by atomic mass is 10.3. The van der Waals surface area contributed by atoms with Crippen molar-refractivity contribution >= 4 is 33.2 Å². The van der Waals surface area contributed by atoms with E-state index in [2.05, 4.69) is 5.32 Å². The normalized spacial score (nSPS) is 16.5. The number of halogens is 3. The Labute approximate surface area is 136 Å². The second kappa shape index (κ2) is 7.12. The lowest BCUT2D eigenvalue weighted by Crippen LogP contribution is -2.19. The van der Waals surface area contributed by atoms with Gasteiger partial charge in [0.15, 0.2) is 9.84 Å². The van der Waals surface area contributed by atoms with Crippen LogP contribution in [0.2, 0.25) is 0 Å². The van der Waals surface area contributed by atoms with Gasteiger partial charge in [-0.05, 0) is 42.8 Å². The summed E-state index contributed by atoms with van der Waals surface area (Å²) >= 11 is -0.439. The monoisotopic (exact) mass is 367 g/mol. The van der Waals surface area contributed by atoms with Gasteiger partial charge in [0.05, 0.1) is 15.9 Å². The molecule has 1 amide bonds. The quantitative estimate of drug-likeness (QED) is 0.864. The molecule has 1 fully saturated rings. The molecule has 0 aromatic heterocycles. The van der Waals surface area contributed by atoms with E-state index in [0.29, 0.717) is 12.8 Å². The first-order valence-electron chi connectivity index (χ1n) is 7.03. The number of alkyl halides is 3. The molecule has 0 atom stereocenters. The predicted octanol–water partition coefficient (Wildman–Crippen LogP) is 3.59. The maximum absolute atomic E-state index is 12.5. The number of hydrogen-bond acceptors (Lipinski definition) is 4. The fourth-order valence-electron chi connectivity index (χ4n) is 2.49. The summed E-state index contributed by atoms with van der Waals surface area (Å²) < 4.78 is 61.1. The van der Waals surface area contributed by atoms with Gasteiger partial charge in [-0.2, -0.15) is 13.2 Å². The Bertz CT molecular complexity index is 668. The Morgan fingerprint density at radius 3 is 2.52 bits per heavy atom. The van der Waals surface area contributed by atoms with Gasteiger partial charge in [0.1, 0.15) is 0 Å². The third kappa shape index (κ3) is 5.13. The molecule has 1 aliphatic carbocycles. The second-order valence-electron chi connectivity index (χ2n) is 5.26. The summed E-state index contributed by atoms with van der Waals surface area (Å²) in [5.74, 6) is -1.61. The average Bonchev–Trinajstić information content (AvgIpc) is 3.00. The Morgan fingerprint density at radius 2 is 1.91 bits per heavy atom. The van der Waals surface area contributed by atoms with Crippen LogP contribution in [0.15, 0.2) is 29.2 Å². The van der Waals surface area contributed by atoms with Gasteiger partial charge < -0.3 is 5.32 Å². The Balaban J connectivity index is 2.06. The van der Waals surface area contributed by atoms with Gasteiger partial charge in [0.2, 0.25) is 5.91 Å². The molecule has 0 heterocycles. The van der Waals surface area contributed by atoms with Crippen molar-refractivity contribution in [1.82, 2.24) is 0 Å². The lowest BCUT2D eigenvalue weighted by molar-refractivity contribution is -0.114. The topological polar surface area (TPSA) is 63.2 Å². The van der Waals surface area contributed by atoms with Crippen LogP contribution >= 0.6 is 11.8 Å². The second-order valence-corrected chi connectivity index (χ2v) is 8.53. The molecule has 0 spiro atoms. The zero-order valence-corrected chi connectivity index (χ0v) is 13.7. The Morgan fingerprint density at radius 1 is 1.26 bits per heavy atom. The van der Waals surface area contributed by atoms with E-state index in [-0.39, 0.29) is 10.6 Å². The van der Waals surface area contributed by atoms with E-state index in [0.717, 1.165) is 12.8 Å². The van der Waals surface area contributed by atoms with E-state index in [1.54, 1.807) is 0 Å². The molecule has 0 unspecified atom stereocenters. The molecule has 0 bridgehead atoms. The van der Waals surface area contributed by atoms with Crippen molar-refractivity contribution in [3.63, 3.8) is 0 Å². The van der Waals surface area contributed by atoms with Crippen molar-refractivity contribution in [3.05, 3.63) is 24.3 Å². The molecule has 1 aliphatic rings. The number of carbonyl (C=O) groups excluding carboxylic acids is 1. The van der Waals surface area contributed by atoms with Crippen molar-refractivity contribution in [3.8, 4) is 0 Å². The number of thioether (sulfide) groups is 1. The SMILES string of the molecule is O=C(CSC(F)(F)F)Nc1cccc(S(=O)(=O)C2CCCC2)c1. The molecular weight excluding hydrogens is 351 g/mol. The highest BCUT2D eigenvalue weighted by Crippen LogP contribution is 2.31. The fraction of sp³-hybridized carbons (Fsp3) is 0.500. The fourth-order valence-corrected chi connectivity index (χ4v) is 4.75. The third-order valence-electron chi connectivity index (χ3n) is 3.55. The predicted molar refractivity (Wildman–Crippen MR) is 83.0 cm³/mol. The van der Waals surface area contributed by atoms with Crippen molar-refractivity contribution in [2.24, 2.45) is 0 Å². The molecule has 4 nitrogen and oxygen atoms in total. The molecule has 2 rings (SSSR count). The maximum atomic E-state index is 12.5. The number of hydrogen-bond donors (Lipinski definition) is 1. The van der Waals surface area contributed by atoms with E-state index in [1.165, 1.54) is 24.3 Å². The van der Waals surface area contributed by atoms with Gasteiger partial charge in [0.25, 0.3) is 0 Å². The molecule has 1 aromatic carbocycles. The van der Waals surface area contributed by atoms with E-state index < -0.39 is 44.0 Å². The van der Waals surface area contributed by atoms with Crippen molar-refractivity contribution in [2.45, 2.75) is 41.3 Å². The minimum Gasteiger partial charge on any atom is -0.325 e. The molecule has 0 aliphatic heterocycles. The van der Waals surface area contributed by atoms with Crippen LogP contribution in [0.25, 0.3) is 0 Å². The minimum absolute atomic E-state index is 0.0886. The molecule has 23 heavy (non-hydrogen) atoms. The van der Waals surface area contributed by atoms with Crippen LogP contribution in [0.1, 0.15) is 25.7 Å². The van der Waals surface area contributed by atoms with Gasteiger partial charge in [-0.3, -0.25) is 4.79 Å². The van der Waals surface area contributed by atoms with Crippen molar-refractivity contribution < 1.29 is 26.4 Å². The van der Waals surface area contributed by atoms with E-state index in [9.17, 15) is 26.4 Å². The zero-order valence-electron chi connectivity index (χ0n) is 12.1. The molecule has 0 saturated heterocycles. The number of sulfone groups is 1. The van der Waals surface area contributed by atoms with E-state index >= 15 is 0 Å². The molecule has 9 heteroatoms. The van der Waals surface area contributed by atoms with Crippen LogP contribution < -0.4 is 5.32 Å². The first-order valence-corrected chi connectivity index (χ1v) is 9.56. The van der Waals surface area contributed by atoms with Crippen LogP contribution in [0.4, 0.5) is 18.9 Å². The minimum atomic E-state index is -4.48. The smallest absolute Gasteiger partial charge is 0.325 e. The average molecular weight is 367 g/mol. The lowest BCUT2D eigenvalue weighted by Gasteiger charge is -2.13. The summed E-state index contributed by atoms with van der Waals surface area (Å²) in [6, 6.07) is 5.65. The number of amides is 1. The van der Waals surface area contributed by atoms with Gasteiger partial charge in [0, 0.05) is 5.69 Å². The van der Waals surface area contributed by atoms with Crippen LogP contribution in [0.3, 0.4) is 0 Å². The van der Waals surface area contributed by atoms with E-state index in [1.807, 2.05) is 0 Å². The summed E-state index contributed by atoms with van der Waals surface area (Å²) in [5, 5.41) is 1.87. The maximum Gasteiger partial charge on any atom is 0.442 e. The molecular formula is C14H16F3NO3S2. The van der Waals surface area contributed by atoms with Crippen molar-refractivity contribution in [2.75, 3.05) is 11.1 Å². The van der Waals surface area contributed by atoms with E-state index in [4.69, 9.17) is 0 Å². The highest BCUT2D eigenvalue weighted by Gasteiger charge is 2.31. The zero-order chi connectivity index (χ0) is 17.1. The number of carbonyl (C=O) groups is 1. The highest BCUT2D eigenvalue weighted by molar-refractivity contribution is 8.00. The van der Waals surface area contributed by atoms with Gasteiger partial charge in [-0.25, -0.2) is 8.42 Å². The molecule has 128 valence electrons. The van der Waals surface area contributed by atoms with Crippen LogP contribution in [-0.2, 0) is 14.6 Å². The Hall–Kier alpha value is -1.22. The molecule has 1 aromatic rings. The first-order chi connectivity index (χ1) is 10.7. The van der Waals surface area contributed by atoms with Gasteiger partial charge in [-0.15, -0.1) is 0 Å². The number of rotatable bonds is 5. The summed E-state index contributed by atoms with van der Waals surface area (Å²) in [6.07, 6.45) is 2.96. The first kappa shape index (κ1) is 18.1. The third-order valence-corrected chi connectivity index (χ3v) is 6.55. The van der Waals surface area contributed by atoms with Crippen LogP contribution in [-0.4, -0.2) is 30.8 Å². The van der Waals surface area contributed by atoms with Crippen LogP contribution in [0.5, 0.6) is 0 Å². The summed E-state index contributed by atoms with van der Waals surface area (Å²) in [5.41, 5.74) is -4.30. The highest BCUT2D eigenvalue weighted by atomic mass is 32.2. The number of nitrogens with one attached hydrogen (secondary N) is 1. The van der Waals surface area contributed by atoms with Gasteiger partial charge in [-0.1, -0.05) is 18.9 Å². The summed E-state index contributed by atoms with van der Waals surface area (Å²) in [7, 11) is -3.47. The summed E-state index contributed by atoms with van der Waals surface area (Å²) in [4.78, 5) is 11.6. The van der Waals surface area contributed by atoms with Crippen LogP contribution in [0, 0.1) is 0 Å². The van der Waals surface area contributed by atoms with Gasteiger partial charge >= 0.3 is 5.51 Å². The number of benzene rings is 1. The standard InChI is InChI=1S/C14H16F3NO3S2/c15-14(16,17)22-9-13(19)18-10-4-3-7-12(8-10)23(20,21)11-5-1-2-6-11/h3-4,7-8,11H,1-2,5-6,9H2,(H,18,19). The summed E-state index contributed by atoms with van der Waals surface area (Å²) in [6.45, 7) is 0. The molecule has 1 N–H and O–H groups in total. The Kier molecular flexibility index (Phi) is 5.61.